The van der Waals surface area contributed by atoms with Crippen molar-refractivity contribution in [2.45, 2.75) is 19.8 Å². The van der Waals surface area contributed by atoms with E-state index < -0.39 is 0 Å². The maximum Gasteiger partial charge on any atom is 0.305 e. The molecule has 0 aromatic carbocycles. The van der Waals surface area contributed by atoms with Gasteiger partial charge in [-0.25, -0.2) is 9.99 Å². The summed E-state index contributed by atoms with van der Waals surface area (Å²) in [6.45, 7) is 1.74. The van der Waals surface area contributed by atoms with Crippen molar-refractivity contribution in [2.75, 3.05) is 7.11 Å². The molecule has 1 rings (SSSR count). The van der Waals surface area contributed by atoms with E-state index in [2.05, 4.69) is 15.3 Å². The number of hydrogen-bond donors (Lipinski definition) is 1. The van der Waals surface area contributed by atoms with E-state index in [0.717, 1.165) is 0 Å². The van der Waals surface area contributed by atoms with Gasteiger partial charge in [0.2, 0.25) is 0 Å². The maximum absolute atomic E-state index is 11.8. The van der Waals surface area contributed by atoms with Gasteiger partial charge in [-0.15, -0.1) is 0 Å². The van der Waals surface area contributed by atoms with Crippen LogP contribution < -0.4 is 9.99 Å². The highest BCUT2D eigenvalue weighted by Gasteiger charge is 2.08. The zero-order valence-electron chi connectivity index (χ0n) is 11.3. The third kappa shape index (κ3) is 5.29. The van der Waals surface area contributed by atoms with Gasteiger partial charge in [-0.1, -0.05) is 0 Å². The van der Waals surface area contributed by atoms with Crippen molar-refractivity contribution in [1.82, 2.24) is 5.43 Å². The number of aromatic nitrogens is 1. The highest BCUT2D eigenvalue weighted by molar-refractivity contribution is 5.95. The number of rotatable bonds is 5. The molecule has 19 heavy (non-hydrogen) atoms. The van der Waals surface area contributed by atoms with Gasteiger partial charge in [-0.3, -0.25) is 9.59 Å². The molecular weight excluding hydrogens is 246 g/mol. The first-order chi connectivity index (χ1) is 9.02. The fraction of sp³-hybridized carbons (Fsp3) is 0.385. The Morgan fingerprint density at radius 3 is 2.79 bits per heavy atom. The molecule has 0 spiro atoms. The molecule has 1 aromatic rings. The second kappa shape index (κ2) is 7.25. The maximum atomic E-state index is 11.8. The van der Waals surface area contributed by atoms with Crippen LogP contribution in [0.4, 0.5) is 0 Å². The van der Waals surface area contributed by atoms with Gasteiger partial charge < -0.3 is 4.74 Å². The van der Waals surface area contributed by atoms with Gasteiger partial charge in [0.25, 0.3) is 5.91 Å². The van der Waals surface area contributed by atoms with Gasteiger partial charge in [0, 0.05) is 11.8 Å². The molecule has 0 bridgehead atoms. The standard InChI is InChI=1S/C13H17N3O3/c1-10(6-7-12(17)19-3)14-15-13(18)11-5-4-8-16(2)9-11/h4-5,8-9H,6-7H2,1-3H3/p+1. The predicted molar refractivity (Wildman–Crippen MR) is 69.4 cm³/mol. The molecule has 0 radical (unpaired) electrons. The molecule has 0 saturated heterocycles. The Morgan fingerprint density at radius 2 is 2.16 bits per heavy atom. The molecule has 0 aliphatic carbocycles. The van der Waals surface area contributed by atoms with E-state index in [9.17, 15) is 9.59 Å². The molecule has 1 heterocycles. The Bertz CT molecular complexity index is 498. The summed E-state index contributed by atoms with van der Waals surface area (Å²) in [4.78, 5) is 22.7. The lowest BCUT2D eigenvalue weighted by Gasteiger charge is -2.01. The Morgan fingerprint density at radius 1 is 1.42 bits per heavy atom. The number of hydrogen-bond acceptors (Lipinski definition) is 4. The zero-order valence-corrected chi connectivity index (χ0v) is 11.3. The number of aryl methyl sites for hydroxylation is 1. The molecule has 1 aromatic heterocycles. The van der Waals surface area contributed by atoms with Gasteiger partial charge in [-0.2, -0.15) is 5.10 Å². The van der Waals surface area contributed by atoms with Crippen LogP contribution in [0, 0.1) is 0 Å². The average molecular weight is 264 g/mol. The Balaban J connectivity index is 2.51. The monoisotopic (exact) mass is 264 g/mol. The molecular formula is C13H18N3O3+. The number of methoxy groups -OCH3 is 1. The van der Waals surface area contributed by atoms with Crippen LogP contribution >= 0.6 is 0 Å². The number of esters is 1. The van der Waals surface area contributed by atoms with Crippen molar-refractivity contribution in [3.8, 4) is 0 Å². The number of ether oxygens (including phenoxy) is 1. The Hall–Kier alpha value is -2.24. The molecule has 0 fully saturated rings. The normalized spacial score (nSPS) is 11.0. The lowest BCUT2D eigenvalue weighted by Crippen LogP contribution is -2.30. The summed E-state index contributed by atoms with van der Waals surface area (Å²) in [6, 6.07) is 3.48. The van der Waals surface area contributed by atoms with E-state index in [1.54, 1.807) is 29.8 Å². The van der Waals surface area contributed by atoms with Crippen molar-refractivity contribution >= 4 is 17.6 Å². The van der Waals surface area contributed by atoms with E-state index in [1.807, 2.05) is 13.2 Å². The molecule has 102 valence electrons. The summed E-state index contributed by atoms with van der Waals surface area (Å²) in [5.74, 6) is -0.579. The number of nitrogens with zero attached hydrogens (tertiary/aromatic N) is 2. The molecule has 0 unspecified atom stereocenters. The van der Waals surface area contributed by atoms with Crippen LogP contribution in [0.5, 0.6) is 0 Å². The van der Waals surface area contributed by atoms with Gasteiger partial charge in [0.15, 0.2) is 12.4 Å². The minimum atomic E-state index is -0.295. The van der Waals surface area contributed by atoms with E-state index in [1.165, 1.54) is 7.11 Å². The topological polar surface area (TPSA) is 71.6 Å². The quantitative estimate of drug-likeness (QED) is 0.366. The van der Waals surface area contributed by atoms with E-state index in [0.29, 0.717) is 17.7 Å². The Labute approximate surface area is 112 Å². The summed E-state index contributed by atoms with van der Waals surface area (Å²) in [5, 5.41) is 3.94. The molecule has 1 amide bonds. The van der Waals surface area contributed by atoms with Crippen LogP contribution in [0.2, 0.25) is 0 Å². The molecule has 6 nitrogen and oxygen atoms in total. The molecule has 0 saturated carbocycles. The van der Waals surface area contributed by atoms with Crippen LogP contribution in [0.25, 0.3) is 0 Å². The molecule has 1 N–H and O–H groups in total. The highest BCUT2D eigenvalue weighted by atomic mass is 16.5. The average Bonchev–Trinajstić information content (AvgIpc) is 2.41. The number of nitrogens with one attached hydrogen (secondary N) is 1. The van der Waals surface area contributed by atoms with Crippen molar-refractivity contribution in [2.24, 2.45) is 12.1 Å². The van der Waals surface area contributed by atoms with Gasteiger partial charge >= 0.3 is 5.97 Å². The third-order valence-electron chi connectivity index (χ3n) is 2.47. The molecule has 6 heteroatoms. The summed E-state index contributed by atoms with van der Waals surface area (Å²) in [6.07, 6.45) is 4.24. The minimum Gasteiger partial charge on any atom is -0.469 e. The second-order valence-corrected chi connectivity index (χ2v) is 4.12. The van der Waals surface area contributed by atoms with E-state index >= 15 is 0 Å². The van der Waals surface area contributed by atoms with Crippen molar-refractivity contribution in [3.05, 3.63) is 30.1 Å². The summed E-state index contributed by atoms with van der Waals surface area (Å²) in [5.41, 5.74) is 3.64. The predicted octanol–water partition coefficient (Wildman–Crippen LogP) is 0.570. The van der Waals surface area contributed by atoms with Crippen molar-refractivity contribution in [1.29, 1.82) is 0 Å². The van der Waals surface area contributed by atoms with Crippen molar-refractivity contribution < 1.29 is 18.9 Å². The number of carbonyl (C=O) groups excluding carboxylic acids is 2. The highest BCUT2D eigenvalue weighted by Crippen LogP contribution is 1.96. The molecule has 0 aliphatic rings. The minimum absolute atomic E-state index is 0.252. The second-order valence-electron chi connectivity index (χ2n) is 4.12. The Kier molecular flexibility index (Phi) is 5.66. The smallest absolute Gasteiger partial charge is 0.305 e. The summed E-state index contributed by atoms with van der Waals surface area (Å²) < 4.78 is 6.31. The first-order valence-corrected chi connectivity index (χ1v) is 5.88. The lowest BCUT2D eigenvalue weighted by molar-refractivity contribution is -0.671. The van der Waals surface area contributed by atoms with Crippen molar-refractivity contribution in [3.63, 3.8) is 0 Å². The first kappa shape index (κ1) is 14.8. The fourth-order valence-corrected chi connectivity index (χ4v) is 1.37. The van der Waals surface area contributed by atoms with Crippen LogP contribution in [-0.2, 0) is 16.6 Å². The van der Waals surface area contributed by atoms with Gasteiger partial charge in [0.05, 0.1) is 13.5 Å². The van der Waals surface area contributed by atoms with Crippen LogP contribution in [-0.4, -0.2) is 24.7 Å². The third-order valence-corrected chi connectivity index (χ3v) is 2.47. The fourth-order valence-electron chi connectivity index (χ4n) is 1.37. The number of hydrazone groups is 1. The summed E-state index contributed by atoms with van der Waals surface area (Å²) in [7, 11) is 3.17. The summed E-state index contributed by atoms with van der Waals surface area (Å²) >= 11 is 0. The SMILES string of the molecule is COC(=O)CCC(C)=NNC(=O)c1ccc[n+](C)c1. The number of carbonyl (C=O) groups is 2. The van der Waals surface area contributed by atoms with Gasteiger partial charge in [0.1, 0.15) is 12.6 Å². The van der Waals surface area contributed by atoms with Gasteiger partial charge in [-0.05, 0) is 19.4 Å². The number of amides is 1. The van der Waals surface area contributed by atoms with Crippen LogP contribution in [0.3, 0.4) is 0 Å². The molecule has 0 aliphatic heterocycles. The molecule has 0 atom stereocenters. The largest absolute Gasteiger partial charge is 0.469 e. The van der Waals surface area contributed by atoms with Crippen LogP contribution in [0.15, 0.2) is 29.6 Å². The first-order valence-electron chi connectivity index (χ1n) is 5.88. The van der Waals surface area contributed by atoms with Crippen LogP contribution in [0.1, 0.15) is 30.1 Å². The number of pyridine rings is 1. The zero-order chi connectivity index (χ0) is 14.3. The van der Waals surface area contributed by atoms with E-state index in [-0.39, 0.29) is 18.3 Å². The lowest BCUT2D eigenvalue weighted by atomic mass is 10.2. The van der Waals surface area contributed by atoms with E-state index in [4.69, 9.17) is 0 Å².